The molecule has 134 valence electrons. The molecule has 2 aromatic rings. The fourth-order valence-corrected chi connectivity index (χ4v) is 3.04. The van der Waals surface area contributed by atoms with Gasteiger partial charge in [0.05, 0.1) is 17.7 Å². The lowest BCUT2D eigenvalue weighted by atomic mass is 9.94. The first-order chi connectivity index (χ1) is 11.7. The van der Waals surface area contributed by atoms with Gasteiger partial charge in [0.2, 0.25) is 0 Å². The van der Waals surface area contributed by atoms with Gasteiger partial charge in [-0.05, 0) is 52.0 Å². The van der Waals surface area contributed by atoms with Crippen LogP contribution >= 0.6 is 11.3 Å². The van der Waals surface area contributed by atoms with Gasteiger partial charge in [-0.25, -0.2) is 4.98 Å². The van der Waals surface area contributed by atoms with Crippen LogP contribution in [-0.4, -0.2) is 35.1 Å². The van der Waals surface area contributed by atoms with Crippen molar-refractivity contribution in [3.8, 4) is 16.3 Å². The molecule has 0 unspecified atom stereocenters. The van der Waals surface area contributed by atoms with Gasteiger partial charge in [0, 0.05) is 12.1 Å². The number of nitrogens with zero attached hydrogens (tertiary/aromatic N) is 1. The number of carbonyl (C=O) groups excluding carboxylic acids is 1. The van der Waals surface area contributed by atoms with Gasteiger partial charge in [-0.15, -0.1) is 11.3 Å². The van der Waals surface area contributed by atoms with Crippen LogP contribution in [-0.2, 0) is 4.79 Å². The predicted molar refractivity (Wildman–Crippen MR) is 97.2 cm³/mol. The molecule has 0 spiro atoms. The van der Waals surface area contributed by atoms with Crippen molar-refractivity contribution >= 4 is 23.2 Å². The summed E-state index contributed by atoms with van der Waals surface area (Å²) in [5, 5.41) is 12.5. The normalized spacial score (nSPS) is 11.2. The van der Waals surface area contributed by atoms with E-state index in [1.807, 2.05) is 31.2 Å². The molecular weight excluding hydrogens is 340 g/mol. The van der Waals surface area contributed by atoms with E-state index in [1.54, 1.807) is 20.8 Å². The lowest BCUT2D eigenvalue weighted by Crippen LogP contribution is -2.38. The van der Waals surface area contributed by atoms with Crippen molar-refractivity contribution in [3.63, 3.8) is 0 Å². The molecule has 0 aliphatic carbocycles. The Hall–Kier alpha value is -2.41. The van der Waals surface area contributed by atoms with Crippen LogP contribution in [0.3, 0.4) is 0 Å². The van der Waals surface area contributed by atoms with E-state index < -0.39 is 11.4 Å². The molecule has 1 heterocycles. The maximum atomic E-state index is 12.4. The van der Waals surface area contributed by atoms with E-state index >= 15 is 0 Å². The highest BCUT2D eigenvalue weighted by Gasteiger charge is 2.28. The number of hydrogen-bond donors (Lipinski definition) is 2. The summed E-state index contributed by atoms with van der Waals surface area (Å²) in [6, 6.07) is 7.53. The van der Waals surface area contributed by atoms with Crippen LogP contribution in [0.1, 0.15) is 36.1 Å². The highest BCUT2D eigenvalue weighted by molar-refractivity contribution is 7.17. The van der Waals surface area contributed by atoms with Crippen LogP contribution in [0.15, 0.2) is 24.3 Å². The summed E-state index contributed by atoms with van der Waals surface area (Å²) < 4.78 is 5.42. The van der Waals surface area contributed by atoms with Crippen LogP contribution in [0.5, 0.6) is 5.75 Å². The van der Waals surface area contributed by atoms with Crippen molar-refractivity contribution in [2.75, 3.05) is 13.2 Å². The van der Waals surface area contributed by atoms with Crippen LogP contribution in [0.25, 0.3) is 10.6 Å². The molecule has 0 atom stereocenters. The first kappa shape index (κ1) is 18.9. The predicted octanol–water partition coefficient (Wildman–Crippen LogP) is 3.36. The minimum absolute atomic E-state index is 0.0525. The summed E-state index contributed by atoms with van der Waals surface area (Å²) in [7, 11) is 0. The van der Waals surface area contributed by atoms with E-state index in [0.717, 1.165) is 16.3 Å². The second kappa shape index (κ2) is 7.65. The van der Waals surface area contributed by atoms with E-state index in [2.05, 4.69) is 10.3 Å². The summed E-state index contributed by atoms with van der Waals surface area (Å²) in [5.74, 6) is -0.473. The molecule has 0 saturated carbocycles. The SMILES string of the molecule is CCOc1ccc(-c2nc(C)c(C(=O)NCC(C)(C)C(=O)O)s2)cc1. The fraction of sp³-hybridized carbons (Fsp3) is 0.389. The zero-order valence-electron chi connectivity index (χ0n) is 14.8. The molecule has 0 bridgehead atoms. The van der Waals surface area contributed by atoms with Gasteiger partial charge >= 0.3 is 5.97 Å². The number of carboxylic acid groups (broad SMARTS) is 1. The highest BCUT2D eigenvalue weighted by Crippen LogP contribution is 2.29. The molecular formula is C18H22N2O4S. The third-order valence-corrected chi connectivity index (χ3v) is 4.89. The minimum atomic E-state index is -1.02. The average Bonchev–Trinajstić information content (AvgIpc) is 2.95. The summed E-state index contributed by atoms with van der Waals surface area (Å²) >= 11 is 1.29. The molecule has 2 N–H and O–H groups in total. The van der Waals surface area contributed by atoms with Gasteiger partial charge in [-0.3, -0.25) is 9.59 Å². The van der Waals surface area contributed by atoms with Crippen LogP contribution < -0.4 is 10.1 Å². The van der Waals surface area contributed by atoms with E-state index in [9.17, 15) is 9.59 Å². The molecule has 25 heavy (non-hydrogen) atoms. The maximum Gasteiger partial charge on any atom is 0.310 e. The number of benzene rings is 1. The number of carboxylic acids is 1. The van der Waals surface area contributed by atoms with Gasteiger partial charge in [0.15, 0.2) is 0 Å². The molecule has 1 aromatic heterocycles. The summed E-state index contributed by atoms with van der Waals surface area (Å²) in [6.07, 6.45) is 0. The van der Waals surface area contributed by atoms with E-state index in [1.165, 1.54) is 11.3 Å². The summed E-state index contributed by atoms with van der Waals surface area (Å²) in [6.45, 7) is 7.49. The Morgan fingerprint density at radius 2 is 1.92 bits per heavy atom. The number of rotatable bonds is 7. The van der Waals surface area contributed by atoms with Crippen LogP contribution in [0, 0.1) is 12.3 Å². The Kier molecular flexibility index (Phi) is 5.79. The zero-order chi connectivity index (χ0) is 18.6. The lowest BCUT2D eigenvalue weighted by Gasteiger charge is -2.19. The minimum Gasteiger partial charge on any atom is -0.494 e. The van der Waals surface area contributed by atoms with Gasteiger partial charge < -0.3 is 15.2 Å². The Balaban J connectivity index is 2.13. The fourth-order valence-electron chi connectivity index (χ4n) is 2.05. The number of aromatic nitrogens is 1. The van der Waals surface area contributed by atoms with E-state index in [4.69, 9.17) is 9.84 Å². The Morgan fingerprint density at radius 3 is 2.48 bits per heavy atom. The highest BCUT2D eigenvalue weighted by atomic mass is 32.1. The second-order valence-electron chi connectivity index (χ2n) is 6.26. The number of thiazole rings is 1. The second-order valence-corrected chi connectivity index (χ2v) is 7.26. The molecule has 0 fully saturated rings. The number of amides is 1. The standard InChI is InChI=1S/C18H22N2O4S/c1-5-24-13-8-6-12(7-9-13)16-20-11(2)14(25-16)15(21)19-10-18(3,4)17(22)23/h6-9H,5,10H2,1-4H3,(H,19,21)(H,22,23). The van der Waals surface area contributed by atoms with Crippen molar-refractivity contribution in [3.05, 3.63) is 34.8 Å². The number of hydrogen-bond acceptors (Lipinski definition) is 5. The summed E-state index contributed by atoms with van der Waals surface area (Å²) in [4.78, 5) is 28.4. The van der Waals surface area contributed by atoms with Gasteiger partial charge in [-0.1, -0.05) is 0 Å². The number of ether oxygens (including phenoxy) is 1. The third-order valence-electron chi connectivity index (χ3n) is 3.68. The number of aliphatic carboxylic acids is 1. The third kappa shape index (κ3) is 4.57. The zero-order valence-corrected chi connectivity index (χ0v) is 15.6. The lowest BCUT2D eigenvalue weighted by molar-refractivity contribution is -0.146. The molecule has 0 saturated heterocycles. The van der Waals surface area contributed by atoms with Crippen molar-refractivity contribution in [1.29, 1.82) is 0 Å². The van der Waals surface area contributed by atoms with E-state index in [0.29, 0.717) is 17.2 Å². The topological polar surface area (TPSA) is 88.5 Å². The molecule has 1 amide bonds. The number of carbonyl (C=O) groups is 2. The molecule has 1 aromatic carbocycles. The monoisotopic (exact) mass is 362 g/mol. The van der Waals surface area contributed by atoms with Gasteiger partial charge in [0.1, 0.15) is 15.6 Å². The first-order valence-corrected chi connectivity index (χ1v) is 8.78. The van der Waals surface area contributed by atoms with Crippen LogP contribution in [0.4, 0.5) is 0 Å². The Labute approximate surface area is 150 Å². The van der Waals surface area contributed by atoms with Gasteiger partial charge in [0.25, 0.3) is 5.91 Å². The molecule has 0 radical (unpaired) electrons. The quantitative estimate of drug-likeness (QED) is 0.788. The molecule has 7 heteroatoms. The molecule has 6 nitrogen and oxygen atoms in total. The molecule has 0 aliphatic rings. The van der Waals surface area contributed by atoms with Crippen molar-refractivity contribution in [2.24, 2.45) is 5.41 Å². The average molecular weight is 362 g/mol. The van der Waals surface area contributed by atoms with Crippen molar-refractivity contribution in [1.82, 2.24) is 10.3 Å². The first-order valence-electron chi connectivity index (χ1n) is 7.97. The smallest absolute Gasteiger partial charge is 0.310 e. The van der Waals surface area contributed by atoms with Crippen molar-refractivity contribution in [2.45, 2.75) is 27.7 Å². The Morgan fingerprint density at radius 1 is 1.28 bits per heavy atom. The van der Waals surface area contributed by atoms with Crippen LogP contribution in [0.2, 0.25) is 0 Å². The maximum absolute atomic E-state index is 12.4. The Bertz CT molecular complexity index is 766. The van der Waals surface area contributed by atoms with E-state index in [-0.39, 0.29) is 12.5 Å². The number of nitrogens with one attached hydrogen (secondary N) is 1. The van der Waals surface area contributed by atoms with Crippen molar-refractivity contribution < 1.29 is 19.4 Å². The summed E-state index contributed by atoms with van der Waals surface area (Å²) in [5.41, 5.74) is 0.507. The molecule has 2 rings (SSSR count). The number of aryl methyl sites for hydroxylation is 1. The molecule has 0 aliphatic heterocycles. The van der Waals surface area contributed by atoms with Gasteiger partial charge in [-0.2, -0.15) is 0 Å². The largest absolute Gasteiger partial charge is 0.494 e.